The summed E-state index contributed by atoms with van der Waals surface area (Å²) in [5.74, 6) is -0.101. The minimum Gasteiger partial charge on any atom is -0.367 e. The Labute approximate surface area is 147 Å². The Bertz CT molecular complexity index is 746. The van der Waals surface area contributed by atoms with Gasteiger partial charge in [0.2, 0.25) is 11.8 Å². The van der Waals surface area contributed by atoms with Crippen molar-refractivity contribution in [3.63, 3.8) is 0 Å². The highest BCUT2D eigenvalue weighted by molar-refractivity contribution is 5.96. The normalized spacial score (nSPS) is 16.4. The molecule has 2 aromatic carbocycles. The molecule has 0 aliphatic carbocycles. The van der Waals surface area contributed by atoms with Crippen LogP contribution in [-0.2, 0) is 20.9 Å². The van der Waals surface area contributed by atoms with Crippen LogP contribution in [0.15, 0.2) is 54.6 Å². The van der Waals surface area contributed by atoms with Gasteiger partial charge in [-0.3, -0.25) is 9.59 Å². The molecule has 0 saturated carbocycles. The molecule has 130 valence electrons. The summed E-state index contributed by atoms with van der Waals surface area (Å²) in [6.07, 6.45) is 0.401. The van der Waals surface area contributed by atoms with Gasteiger partial charge in [-0.05, 0) is 17.2 Å². The Morgan fingerprint density at radius 1 is 1.16 bits per heavy atom. The predicted molar refractivity (Wildman–Crippen MR) is 96.3 cm³/mol. The second kappa shape index (κ2) is 7.94. The molecular weight excluding hydrogens is 316 g/mol. The fourth-order valence-electron chi connectivity index (χ4n) is 3.04. The van der Waals surface area contributed by atoms with Crippen molar-refractivity contribution in [1.29, 1.82) is 0 Å². The first-order chi connectivity index (χ1) is 12.1. The van der Waals surface area contributed by atoms with Crippen molar-refractivity contribution in [2.24, 2.45) is 0 Å². The molecule has 5 nitrogen and oxygen atoms in total. The highest BCUT2D eigenvalue weighted by Gasteiger charge is 2.28. The van der Waals surface area contributed by atoms with Crippen LogP contribution >= 0.6 is 0 Å². The van der Waals surface area contributed by atoms with Crippen LogP contribution in [0.5, 0.6) is 0 Å². The molecule has 1 N–H and O–H groups in total. The average Bonchev–Trinajstić information content (AvgIpc) is 2.64. The lowest BCUT2D eigenvalue weighted by molar-refractivity contribution is -0.126. The molecule has 0 bridgehead atoms. The van der Waals surface area contributed by atoms with E-state index in [1.165, 1.54) is 0 Å². The average molecular weight is 338 g/mol. The van der Waals surface area contributed by atoms with Gasteiger partial charge in [-0.2, -0.15) is 0 Å². The van der Waals surface area contributed by atoms with Crippen LogP contribution in [-0.4, -0.2) is 32.0 Å². The number of benzene rings is 2. The number of hydrogen-bond donors (Lipinski definition) is 1. The Kier molecular flexibility index (Phi) is 5.46. The first-order valence-corrected chi connectivity index (χ1v) is 8.39. The number of rotatable bonds is 6. The van der Waals surface area contributed by atoms with E-state index in [2.05, 4.69) is 5.32 Å². The largest absolute Gasteiger partial charge is 0.367 e. The predicted octanol–water partition coefficient (Wildman–Crippen LogP) is 2.47. The number of nitrogens with zero attached hydrogens (tertiary/aromatic N) is 1. The van der Waals surface area contributed by atoms with Gasteiger partial charge in [-0.25, -0.2) is 0 Å². The number of carbonyl (C=O) groups is 2. The molecule has 5 heteroatoms. The van der Waals surface area contributed by atoms with E-state index < -0.39 is 0 Å². The van der Waals surface area contributed by atoms with Gasteiger partial charge < -0.3 is 15.0 Å². The van der Waals surface area contributed by atoms with Gasteiger partial charge in [0.05, 0.1) is 6.61 Å². The van der Waals surface area contributed by atoms with Crippen LogP contribution < -0.4 is 10.2 Å². The lowest BCUT2D eigenvalue weighted by atomic mass is 9.89. The van der Waals surface area contributed by atoms with Crippen molar-refractivity contribution >= 4 is 17.5 Å². The SMILES string of the molecule is CN1C(=O)C[C@H](CNC(=O)COCc2ccccc2)c2ccccc21. The Morgan fingerprint density at radius 3 is 2.68 bits per heavy atom. The quantitative estimate of drug-likeness (QED) is 0.880. The maximum absolute atomic E-state index is 12.1. The van der Waals surface area contributed by atoms with E-state index in [0.717, 1.165) is 16.8 Å². The van der Waals surface area contributed by atoms with E-state index in [-0.39, 0.29) is 24.3 Å². The first kappa shape index (κ1) is 17.2. The van der Waals surface area contributed by atoms with E-state index in [4.69, 9.17) is 4.74 Å². The molecule has 1 aliphatic rings. The monoisotopic (exact) mass is 338 g/mol. The highest BCUT2D eigenvalue weighted by atomic mass is 16.5. The van der Waals surface area contributed by atoms with Crippen LogP contribution in [0.4, 0.5) is 5.69 Å². The zero-order valence-electron chi connectivity index (χ0n) is 14.3. The van der Waals surface area contributed by atoms with Gasteiger partial charge in [0.1, 0.15) is 6.61 Å². The highest BCUT2D eigenvalue weighted by Crippen LogP contribution is 2.34. The summed E-state index contributed by atoms with van der Waals surface area (Å²) in [6, 6.07) is 17.6. The summed E-state index contributed by atoms with van der Waals surface area (Å²) < 4.78 is 5.44. The minimum atomic E-state index is -0.167. The Hall–Kier alpha value is -2.66. The van der Waals surface area contributed by atoms with Crippen LogP contribution in [0.3, 0.4) is 0 Å². The first-order valence-electron chi connectivity index (χ1n) is 8.39. The van der Waals surface area contributed by atoms with Gasteiger partial charge in [0.15, 0.2) is 0 Å². The third kappa shape index (κ3) is 4.25. The molecule has 0 aromatic heterocycles. The van der Waals surface area contributed by atoms with E-state index in [1.807, 2.05) is 54.6 Å². The second-order valence-electron chi connectivity index (χ2n) is 6.20. The molecule has 2 amide bonds. The standard InChI is InChI=1S/C20H22N2O3/c1-22-18-10-6-5-9-17(18)16(11-20(22)24)12-21-19(23)14-25-13-15-7-3-2-4-8-15/h2-10,16H,11-14H2,1H3,(H,21,23)/t16-/m1/s1. The van der Waals surface area contributed by atoms with Gasteiger partial charge >= 0.3 is 0 Å². The van der Waals surface area contributed by atoms with Crippen molar-refractivity contribution in [3.8, 4) is 0 Å². The van der Waals surface area contributed by atoms with Crippen LogP contribution in [0.25, 0.3) is 0 Å². The maximum atomic E-state index is 12.1. The molecule has 0 saturated heterocycles. The molecule has 0 radical (unpaired) electrons. The van der Waals surface area contributed by atoms with Crippen molar-refractivity contribution < 1.29 is 14.3 Å². The smallest absolute Gasteiger partial charge is 0.246 e. The number of para-hydroxylation sites is 1. The molecule has 0 spiro atoms. The van der Waals surface area contributed by atoms with Gasteiger partial charge in [-0.1, -0.05) is 48.5 Å². The number of amides is 2. The van der Waals surface area contributed by atoms with Gasteiger partial charge in [0, 0.05) is 31.6 Å². The van der Waals surface area contributed by atoms with Crippen molar-refractivity contribution in [2.75, 3.05) is 25.1 Å². The number of carbonyl (C=O) groups excluding carboxylic acids is 2. The van der Waals surface area contributed by atoms with E-state index in [9.17, 15) is 9.59 Å². The second-order valence-corrected chi connectivity index (χ2v) is 6.20. The van der Waals surface area contributed by atoms with Crippen LogP contribution in [0, 0.1) is 0 Å². The van der Waals surface area contributed by atoms with E-state index >= 15 is 0 Å². The number of anilines is 1. The molecule has 2 aromatic rings. The van der Waals surface area contributed by atoms with Crippen molar-refractivity contribution in [2.45, 2.75) is 18.9 Å². The number of ether oxygens (including phenoxy) is 1. The number of fused-ring (bicyclic) bond motifs is 1. The fourth-order valence-corrected chi connectivity index (χ4v) is 3.04. The molecule has 1 aliphatic heterocycles. The van der Waals surface area contributed by atoms with Gasteiger partial charge in [-0.15, -0.1) is 0 Å². The van der Waals surface area contributed by atoms with Gasteiger partial charge in [0.25, 0.3) is 0 Å². The molecule has 1 heterocycles. The summed E-state index contributed by atoms with van der Waals surface area (Å²) in [7, 11) is 1.79. The van der Waals surface area contributed by atoms with E-state index in [1.54, 1.807) is 11.9 Å². The van der Waals surface area contributed by atoms with Crippen molar-refractivity contribution in [1.82, 2.24) is 5.32 Å². The third-order valence-corrected chi connectivity index (χ3v) is 4.42. The lowest BCUT2D eigenvalue weighted by Crippen LogP contribution is -2.38. The molecular formula is C20H22N2O3. The third-order valence-electron chi connectivity index (χ3n) is 4.42. The molecule has 25 heavy (non-hydrogen) atoms. The molecule has 0 fully saturated rings. The Morgan fingerprint density at radius 2 is 1.88 bits per heavy atom. The molecule has 1 atom stereocenters. The number of hydrogen-bond acceptors (Lipinski definition) is 3. The number of nitrogens with one attached hydrogen (secondary N) is 1. The summed E-state index contributed by atoms with van der Waals surface area (Å²) in [4.78, 5) is 25.8. The maximum Gasteiger partial charge on any atom is 0.246 e. The zero-order valence-corrected chi connectivity index (χ0v) is 14.3. The fraction of sp³-hybridized carbons (Fsp3) is 0.300. The van der Waals surface area contributed by atoms with E-state index in [0.29, 0.717) is 19.6 Å². The summed E-state index contributed by atoms with van der Waals surface area (Å²) >= 11 is 0. The Balaban J connectivity index is 1.50. The van der Waals surface area contributed by atoms with Crippen LogP contribution in [0.2, 0.25) is 0 Å². The van der Waals surface area contributed by atoms with Crippen LogP contribution in [0.1, 0.15) is 23.5 Å². The summed E-state index contributed by atoms with van der Waals surface area (Å²) in [5.41, 5.74) is 3.04. The summed E-state index contributed by atoms with van der Waals surface area (Å²) in [5, 5.41) is 2.88. The topological polar surface area (TPSA) is 58.6 Å². The molecule has 0 unspecified atom stereocenters. The lowest BCUT2D eigenvalue weighted by Gasteiger charge is -2.31. The van der Waals surface area contributed by atoms with Crippen molar-refractivity contribution in [3.05, 3.63) is 65.7 Å². The summed E-state index contributed by atoms with van der Waals surface area (Å²) in [6.45, 7) is 0.852. The minimum absolute atomic E-state index is 0.00188. The molecule has 3 rings (SSSR count). The zero-order chi connectivity index (χ0) is 17.6.